The van der Waals surface area contributed by atoms with Crippen LogP contribution in [0.25, 0.3) is 0 Å². The maximum atomic E-state index is 5.89. The van der Waals surface area contributed by atoms with Gasteiger partial charge in [-0.05, 0) is 62.4 Å². The summed E-state index contributed by atoms with van der Waals surface area (Å²) >= 11 is 0. The third-order valence-electron chi connectivity index (χ3n) is 5.93. The molecule has 2 atom stereocenters. The van der Waals surface area contributed by atoms with Crippen LogP contribution in [0.15, 0.2) is 54.6 Å². The van der Waals surface area contributed by atoms with Crippen LogP contribution in [-0.2, 0) is 6.61 Å². The van der Waals surface area contributed by atoms with Gasteiger partial charge in [0.25, 0.3) is 0 Å². The molecule has 3 heteroatoms. The Labute approximate surface area is 157 Å². The number of benzene rings is 2. The minimum absolute atomic E-state index is 0.628. The number of ether oxygens (including phenoxy) is 1. The van der Waals surface area contributed by atoms with Crippen LogP contribution >= 0.6 is 0 Å². The molecule has 2 N–H and O–H groups in total. The molecule has 2 aromatic carbocycles. The van der Waals surface area contributed by atoms with Crippen molar-refractivity contribution in [2.75, 3.05) is 7.05 Å². The second-order valence-electron chi connectivity index (χ2n) is 7.80. The standard InChI is InChI=1S/C23H30N2O/c1-24-19-9-11-20(12-10-19)25-23-15-22(23)18-7-13-21(14-8-18)26-16-17-5-3-2-4-6-17/h2-8,13-14,19-20,22-25H,9-12,15-16H2,1H3/t19?,20?,22-,23+/m1/s1. The van der Waals surface area contributed by atoms with Gasteiger partial charge in [0.1, 0.15) is 12.4 Å². The van der Waals surface area contributed by atoms with E-state index in [0.717, 1.165) is 11.8 Å². The molecule has 0 amide bonds. The molecule has 0 aromatic heterocycles. The molecular weight excluding hydrogens is 320 g/mol. The van der Waals surface area contributed by atoms with Crippen molar-refractivity contribution in [2.45, 2.75) is 62.8 Å². The highest BCUT2D eigenvalue weighted by Gasteiger charge is 2.39. The minimum atomic E-state index is 0.628. The van der Waals surface area contributed by atoms with Crippen molar-refractivity contribution < 1.29 is 4.74 Å². The number of hydrogen-bond donors (Lipinski definition) is 2. The monoisotopic (exact) mass is 350 g/mol. The molecule has 2 aliphatic carbocycles. The van der Waals surface area contributed by atoms with E-state index in [2.05, 4.69) is 54.1 Å². The summed E-state index contributed by atoms with van der Waals surface area (Å²) in [7, 11) is 2.09. The van der Waals surface area contributed by atoms with Gasteiger partial charge in [0.05, 0.1) is 0 Å². The van der Waals surface area contributed by atoms with Crippen molar-refractivity contribution in [3.63, 3.8) is 0 Å². The Balaban J connectivity index is 1.23. The fraction of sp³-hybridized carbons (Fsp3) is 0.478. The molecule has 2 aliphatic rings. The Morgan fingerprint density at radius 1 is 0.885 bits per heavy atom. The molecule has 0 aliphatic heterocycles. The van der Waals surface area contributed by atoms with Crippen molar-refractivity contribution in [1.82, 2.24) is 10.6 Å². The van der Waals surface area contributed by atoms with Crippen molar-refractivity contribution in [3.05, 3.63) is 65.7 Å². The van der Waals surface area contributed by atoms with E-state index in [1.54, 1.807) is 0 Å². The third kappa shape index (κ3) is 4.46. The van der Waals surface area contributed by atoms with Crippen LogP contribution in [0.4, 0.5) is 0 Å². The zero-order valence-corrected chi connectivity index (χ0v) is 15.7. The van der Waals surface area contributed by atoms with Crippen LogP contribution in [0.2, 0.25) is 0 Å². The Kier molecular flexibility index (Phi) is 5.57. The Bertz CT molecular complexity index is 677. The highest BCUT2D eigenvalue weighted by Crippen LogP contribution is 2.42. The summed E-state index contributed by atoms with van der Waals surface area (Å²) in [6, 6.07) is 21.1. The smallest absolute Gasteiger partial charge is 0.119 e. The SMILES string of the molecule is CNC1CCC(N[C@H]2C[C@@H]2c2ccc(OCc3ccccc3)cc2)CC1. The average Bonchev–Trinajstić information content (AvgIpc) is 3.47. The normalized spacial score (nSPS) is 27.9. The lowest BCUT2D eigenvalue weighted by molar-refractivity contribution is 0.306. The molecule has 4 rings (SSSR count). The molecule has 3 nitrogen and oxygen atoms in total. The average molecular weight is 351 g/mol. The van der Waals surface area contributed by atoms with Gasteiger partial charge in [-0.1, -0.05) is 42.5 Å². The van der Waals surface area contributed by atoms with Crippen LogP contribution in [0.1, 0.15) is 49.1 Å². The summed E-state index contributed by atoms with van der Waals surface area (Å²) in [5, 5.41) is 7.30. The predicted molar refractivity (Wildman–Crippen MR) is 107 cm³/mol. The van der Waals surface area contributed by atoms with Crippen LogP contribution in [0, 0.1) is 0 Å². The van der Waals surface area contributed by atoms with Gasteiger partial charge in [-0.15, -0.1) is 0 Å². The van der Waals surface area contributed by atoms with Gasteiger partial charge in [-0.25, -0.2) is 0 Å². The summed E-state index contributed by atoms with van der Waals surface area (Å²) in [4.78, 5) is 0. The van der Waals surface area contributed by atoms with Gasteiger partial charge >= 0.3 is 0 Å². The number of hydrogen-bond acceptors (Lipinski definition) is 3. The van der Waals surface area contributed by atoms with Gasteiger partial charge in [-0.3, -0.25) is 0 Å². The second-order valence-corrected chi connectivity index (χ2v) is 7.80. The highest BCUT2D eigenvalue weighted by molar-refractivity contribution is 5.34. The summed E-state index contributed by atoms with van der Waals surface area (Å²) in [6.07, 6.45) is 6.50. The van der Waals surface area contributed by atoms with Gasteiger partial charge in [-0.2, -0.15) is 0 Å². The summed E-state index contributed by atoms with van der Waals surface area (Å²) < 4.78 is 5.89. The first-order chi connectivity index (χ1) is 12.8. The first-order valence-electron chi connectivity index (χ1n) is 10.0. The molecule has 0 spiro atoms. The van der Waals surface area contributed by atoms with Crippen LogP contribution < -0.4 is 15.4 Å². The zero-order chi connectivity index (χ0) is 17.8. The summed E-state index contributed by atoms with van der Waals surface area (Å²) in [6.45, 7) is 0.628. The summed E-state index contributed by atoms with van der Waals surface area (Å²) in [5.74, 6) is 1.63. The van der Waals surface area contributed by atoms with Crippen molar-refractivity contribution >= 4 is 0 Å². The lowest BCUT2D eigenvalue weighted by Gasteiger charge is -2.29. The molecule has 0 heterocycles. The molecule has 26 heavy (non-hydrogen) atoms. The van der Waals surface area contributed by atoms with E-state index >= 15 is 0 Å². The fourth-order valence-electron chi connectivity index (χ4n) is 4.15. The van der Waals surface area contributed by atoms with E-state index in [1.165, 1.54) is 43.2 Å². The maximum absolute atomic E-state index is 5.89. The van der Waals surface area contributed by atoms with E-state index in [1.807, 2.05) is 18.2 Å². The van der Waals surface area contributed by atoms with Crippen LogP contribution in [-0.4, -0.2) is 25.2 Å². The van der Waals surface area contributed by atoms with Crippen LogP contribution in [0.3, 0.4) is 0 Å². The van der Waals surface area contributed by atoms with Crippen molar-refractivity contribution in [3.8, 4) is 5.75 Å². The number of nitrogens with one attached hydrogen (secondary N) is 2. The first kappa shape index (κ1) is 17.6. The van der Waals surface area contributed by atoms with Gasteiger partial charge in [0, 0.05) is 24.0 Å². The molecular formula is C23H30N2O. The lowest BCUT2D eigenvalue weighted by atomic mass is 9.91. The van der Waals surface area contributed by atoms with E-state index in [-0.39, 0.29) is 0 Å². The van der Waals surface area contributed by atoms with E-state index in [0.29, 0.717) is 24.6 Å². The Morgan fingerprint density at radius 3 is 2.27 bits per heavy atom. The second kappa shape index (κ2) is 8.24. The molecule has 0 unspecified atom stereocenters. The topological polar surface area (TPSA) is 33.3 Å². The minimum Gasteiger partial charge on any atom is -0.489 e. The zero-order valence-electron chi connectivity index (χ0n) is 15.7. The molecule has 2 fully saturated rings. The Hall–Kier alpha value is -1.84. The van der Waals surface area contributed by atoms with Crippen molar-refractivity contribution in [1.29, 1.82) is 0 Å². The third-order valence-corrected chi connectivity index (χ3v) is 5.93. The highest BCUT2D eigenvalue weighted by atomic mass is 16.5. The Morgan fingerprint density at radius 2 is 1.58 bits per heavy atom. The molecule has 0 bridgehead atoms. The fourth-order valence-corrected chi connectivity index (χ4v) is 4.15. The maximum Gasteiger partial charge on any atom is 0.119 e. The largest absolute Gasteiger partial charge is 0.489 e. The van der Waals surface area contributed by atoms with Gasteiger partial charge in [0.2, 0.25) is 0 Å². The molecule has 138 valence electrons. The first-order valence-corrected chi connectivity index (χ1v) is 10.0. The molecule has 0 radical (unpaired) electrons. The van der Waals surface area contributed by atoms with E-state index in [4.69, 9.17) is 4.74 Å². The lowest BCUT2D eigenvalue weighted by Crippen LogP contribution is -2.39. The van der Waals surface area contributed by atoms with Crippen molar-refractivity contribution in [2.24, 2.45) is 0 Å². The quantitative estimate of drug-likeness (QED) is 0.783. The van der Waals surface area contributed by atoms with E-state index < -0.39 is 0 Å². The van der Waals surface area contributed by atoms with Crippen LogP contribution in [0.5, 0.6) is 5.75 Å². The predicted octanol–water partition coefficient (Wildman–Crippen LogP) is 4.24. The van der Waals surface area contributed by atoms with Gasteiger partial charge in [0.15, 0.2) is 0 Å². The molecule has 0 saturated heterocycles. The molecule has 2 saturated carbocycles. The number of rotatable bonds is 7. The molecule has 2 aromatic rings. The summed E-state index contributed by atoms with van der Waals surface area (Å²) in [5.41, 5.74) is 2.65. The van der Waals surface area contributed by atoms with Gasteiger partial charge < -0.3 is 15.4 Å². The van der Waals surface area contributed by atoms with E-state index in [9.17, 15) is 0 Å².